The molecule has 0 aliphatic carbocycles. The van der Waals surface area contributed by atoms with E-state index in [1.54, 1.807) is 30.3 Å². The molecule has 2 amide bonds. The molecule has 0 saturated carbocycles. The summed E-state index contributed by atoms with van der Waals surface area (Å²) in [6, 6.07) is 13.3. The van der Waals surface area contributed by atoms with Crippen molar-refractivity contribution in [3.05, 3.63) is 59.7 Å². The number of carbonyl (C=O) groups excluding carboxylic acids is 2. The number of ether oxygens (including phenoxy) is 1. The molecule has 0 bridgehead atoms. The summed E-state index contributed by atoms with van der Waals surface area (Å²) in [5.41, 5.74) is 2.02. The fourth-order valence-corrected chi connectivity index (χ4v) is 5.13. The molecule has 9 heteroatoms. The van der Waals surface area contributed by atoms with Gasteiger partial charge >= 0.3 is 0 Å². The zero-order valence-electron chi connectivity index (χ0n) is 18.5. The van der Waals surface area contributed by atoms with Crippen molar-refractivity contribution in [3.8, 4) is 5.75 Å². The Morgan fingerprint density at radius 1 is 1.09 bits per heavy atom. The summed E-state index contributed by atoms with van der Waals surface area (Å²) < 4.78 is 32.2. The van der Waals surface area contributed by atoms with Gasteiger partial charge in [0.15, 0.2) is 0 Å². The number of methoxy groups -OCH3 is 1. The van der Waals surface area contributed by atoms with Gasteiger partial charge in [0.05, 0.1) is 24.1 Å². The first kappa shape index (κ1) is 23.6. The lowest BCUT2D eigenvalue weighted by Crippen LogP contribution is -2.50. The lowest BCUT2D eigenvalue weighted by atomic mass is 10.0. The Bertz CT molecular complexity index is 1080. The topological polar surface area (TPSA) is 105 Å². The maximum atomic E-state index is 12.8. The third kappa shape index (κ3) is 5.21. The Labute approximate surface area is 189 Å². The van der Waals surface area contributed by atoms with Crippen molar-refractivity contribution < 1.29 is 22.7 Å². The number of sulfonamides is 1. The van der Waals surface area contributed by atoms with E-state index < -0.39 is 27.9 Å². The van der Waals surface area contributed by atoms with Crippen LogP contribution in [0.3, 0.4) is 0 Å². The first-order chi connectivity index (χ1) is 15.2. The number of carbonyl (C=O) groups is 2. The Morgan fingerprint density at radius 2 is 1.78 bits per heavy atom. The van der Waals surface area contributed by atoms with E-state index in [2.05, 4.69) is 10.6 Å². The van der Waals surface area contributed by atoms with E-state index in [0.29, 0.717) is 30.0 Å². The fourth-order valence-electron chi connectivity index (χ4n) is 3.71. The predicted octanol–water partition coefficient (Wildman–Crippen LogP) is 1.96. The van der Waals surface area contributed by atoms with Crippen molar-refractivity contribution in [2.45, 2.75) is 26.3 Å². The number of nitrogens with one attached hydrogen (secondary N) is 2. The lowest BCUT2D eigenvalue weighted by molar-refractivity contribution is -0.123. The summed E-state index contributed by atoms with van der Waals surface area (Å²) in [6.07, 6.45) is 0.673. The van der Waals surface area contributed by atoms with Crippen LogP contribution in [0.15, 0.2) is 48.5 Å². The number of hydrogen-bond acceptors (Lipinski definition) is 5. The van der Waals surface area contributed by atoms with E-state index in [0.717, 1.165) is 5.56 Å². The molecule has 1 aliphatic rings. The van der Waals surface area contributed by atoms with Crippen LogP contribution in [0, 0.1) is 5.92 Å². The van der Waals surface area contributed by atoms with Gasteiger partial charge in [-0.3, -0.25) is 13.9 Å². The average Bonchev–Trinajstić information content (AvgIpc) is 3.22. The van der Waals surface area contributed by atoms with E-state index in [4.69, 9.17) is 4.74 Å². The van der Waals surface area contributed by atoms with Crippen molar-refractivity contribution in [1.29, 1.82) is 0 Å². The Morgan fingerprint density at radius 3 is 2.50 bits per heavy atom. The van der Waals surface area contributed by atoms with Crippen LogP contribution >= 0.6 is 0 Å². The molecule has 0 fully saturated rings. The van der Waals surface area contributed by atoms with Crippen LogP contribution in [0.4, 0.5) is 5.69 Å². The van der Waals surface area contributed by atoms with E-state index in [-0.39, 0.29) is 18.2 Å². The number of para-hydroxylation sites is 2. The highest BCUT2D eigenvalue weighted by atomic mass is 32.2. The molecule has 0 radical (unpaired) electrons. The second-order valence-corrected chi connectivity index (χ2v) is 9.97. The Hall–Kier alpha value is -3.07. The SMILES string of the molecule is COc1ccccc1C(=O)NC(C(=O)NCCS(=O)(=O)N1CCc2ccccc21)C(C)C. The highest BCUT2D eigenvalue weighted by molar-refractivity contribution is 7.92. The van der Waals surface area contributed by atoms with Gasteiger partial charge in [-0.25, -0.2) is 8.42 Å². The molecule has 32 heavy (non-hydrogen) atoms. The van der Waals surface area contributed by atoms with Crippen molar-refractivity contribution in [1.82, 2.24) is 10.6 Å². The Balaban J connectivity index is 1.60. The van der Waals surface area contributed by atoms with Crippen molar-refractivity contribution in [2.75, 3.05) is 30.3 Å². The largest absolute Gasteiger partial charge is 0.496 e. The lowest BCUT2D eigenvalue weighted by Gasteiger charge is -2.23. The summed E-state index contributed by atoms with van der Waals surface area (Å²) in [5, 5.41) is 5.39. The number of nitrogens with zero attached hydrogens (tertiary/aromatic N) is 1. The van der Waals surface area contributed by atoms with Crippen LogP contribution in [-0.2, 0) is 21.2 Å². The molecule has 0 spiro atoms. The predicted molar refractivity (Wildman–Crippen MR) is 123 cm³/mol. The molecular formula is C23H29N3O5S. The second-order valence-electron chi connectivity index (χ2n) is 7.95. The molecule has 0 saturated heterocycles. The molecule has 2 aromatic rings. The van der Waals surface area contributed by atoms with Crippen molar-refractivity contribution in [2.24, 2.45) is 5.92 Å². The van der Waals surface area contributed by atoms with Gasteiger partial charge in [-0.15, -0.1) is 0 Å². The number of rotatable bonds is 9. The van der Waals surface area contributed by atoms with Crippen LogP contribution in [0.25, 0.3) is 0 Å². The minimum atomic E-state index is -3.58. The summed E-state index contributed by atoms with van der Waals surface area (Å²) in [7, 11) is -2.11. The molecule has 3 rings (SSSR count). The molecule has 1 aliphatic heterocycles. The van der Waals surface area contributed by atoms with E-state index >= 15 is 0 Å². The van der Waals surface area contributed by atoms with Gasteiger partial charge in [0.1, 0.15) is 11.8 Å². The smallest absolute Gasteiger partial charge is 0.255 e. The van der Waals surface area contributed by atoms with Crippen molar-refractivity contribution in [3.63, 3.8) is 0 Å². The van der Waals surface area contributed by atoms with Crippen molar-refractivity contribution >= 4 is 27.5 Å². The summed E-state index contributed by atoms with van der Waals surface area (Å²) in [6.45, 7) is 3.97. The van der Waals surface area contributed by atoms with Gasteiger partial charge in [0.25, 0.3) is 5.91 Å². The van der Waals surface area contributed by atoms with Gasteiger partial charge < -0.3 is 15.4 Å². The van der Waals surface area contributed by atoms with Gasteiger partial charge in [-0.1, -0.05) is 44.2 Å². The van der Waals surface area contributed by atoms with Gasteiger partial charge in [0.2, 0.25) is 15.9 Å². The van der Waals surface area contributed by atoms with E-state index in [1.165, 1.54) is 11.4 Å². The standard InChI is InChI=1S/C23H29N3O5S/c1-16(2)21(25-22(27)18-9-5-7-11-20(18)31-3)23(28)24-13-15-32(29,30)26-14-12-17-8-4-6-10-19(17)26/h4-11,16,21H,12-15H2,1-3H3,(H,24,28)(H,25,27). The molecule has 2 aromatic carbocycles. The minimum Gasteiger partial charge on any atom is -0.496 e. The summed E-state index contributed by atoms with van der Waals surface area (Å²) >= 11 is 0. The number of fused-ring (bicyclic) bond motifs is 1. The molecule has 172 valence electrons. The minimum absolute atomic E-state index is 0.0480. The third-order valence-electron chi connectivity index (χ3n) is 5.43. The second kappa shape index (κ2) is 10.0. The molecular weight excluding hydrogens is 430 g/mol. The first-order valence-corrected chi connectivity index (χ1v) is 12.2. The molecule has 1 unspecified atom stereocenters. The zero-order valence-corrected chi connectivity index (χ0v) is 19.3. The molecule has 1 atom stereocenters. The van der Waals surface area contributed by atoms with Crippen LogP contribution < -0.4 is 19.7 Å². The third-order valence-corrected chi connectivity index (χ3v) is 7.20. The van der Waals surface area contributed by atoms with Gasteiger partial charge in [-0.05, 0) is 36.1 Å². The number of anilines is 1. The van der Waals surface area contributed by atoms with E-state index in [9.17, 15) is 18.0 Å². The normalized spacial score (nSPS) is 14.1. The first-order valence-electron chi connectivity index (χ1n) is 10.5. The van der Waals surface area contributed by atoms with Crippen LogP contribution in [-0.4, -0.2) is 52.2 Å². The zero-order chi connectivity index (χ0) is 23.3. The molecule has 8 nitrogen and oxygen atoms in total. The van der Waals surface area contributed by atoms with Crippen LogP contribution in [0.2, 0.25) is 0 Å². The fraction of sp³-hybridized carbons (Fsp3) is 0.391. The Kier molecular flexibility index (Phi) is 7.40. The van der Waals surface area contributed by atoms with Gasteiger partial charge in [0, 0.05) is 13.1 Å². The summed E-state index contributed by atoms with van der Waals surface area (Å²) in [5.74, 6) is -0.878. The maximum Gasteiger partial charge on any atom is 0.255 e. The number of hydrogen-bond donors (Lipinski definition) is 2. The molecule has 1 heterocycles. The number of amides is 2. The number of benzene rings is 2. The average molecular weight is 460 g/mol. The van der Waals surface area contributed by atoms with E-state index in [1.807, 2.05) is 32.0 Å². The van der Waals surface area contributed by atoms with Gasteiger partial charge in [-0.2, -0.15) is 0 Å². The molecule has 2 N–H and O–H groups in total. The highest BCUT2D eigenvalue weighted by Gasteiger charge is 2.30. The highest BCUT2D eigenvalue weighted by Crippen LogP contribution is 2.29. The quantitative estimate of drug-likeness (QED) is 0.597. The monoisotopic (exact) mass is 459 g/mol. The van der Waals surface area contributed by atoms with Crippen LogP contribution in [0.1, 0.15) is 29.8 Å². The molecule has 0 aromatic heterocycles. The summed E-state index contributed by atoms with van der Waals surface area (Å²) in [4.78, 5) is 25.4. The maximum absolute atomic E-state index is 12.8. The van der Waals surface area contributed by atoms with Crippen LogP contribution in [0.5, 0.6) is 5.75 Å².